The van der Waals surface area contributed by atoms with Crippen molar-refractivity contribution in [2.45, 2.75) is 32.1 Å². The van der Waals surface area contributed by atoms with E-state index in [2.05, 4.69) is 10.0 Å². The average molecular weight is 365 g/mol. The van der Waals surface area contributed by atoms with Crippen LogP contribution in [0.5, 0.6) is 0 Å². The zero-order valence-electron chi connectivity index (χ0n) is 13.7. The summed E-state index contributed by atoms with van der Waals surface area (Å²) in [4.78, 5) is 11.8. The lowest BCUT2D eigenvalue weighted by atomic mass is 10.1. The summed E-state index contributed by atoms with van der Waals surface area (Å²) in [7, 11) is -3.65. The number of aryl methyl sites for hydroxylation is 1. The molecule has 0 spiro atoms. The Kier molecular flexibility index (Phi) is 10.1. The summed E-state index contributed by atoms with van der Waals surface area (Å²) >= 11 is 0. The van der Waals surface area contributed by atoms with Gasteiger partial charge in [0.1, 0.15) is 0 Å². The number of halogens is 1. The monoisotopic (exact) mass is 364 g/mol. The minimum atomic E-state index is -3.65. The van der Waals surface area contributed by atoms with Crippen LogP contribution in [0, 0.1) is 6.92 Å². The van der Waals surface area contributed by atoms with Crippen molar-refractivity contribution in [3.8, 4) is 0 Å². The van der Waals surface area contributed by atoms with Gasteiger partial charge in [0.05, 0.1) is 17.1 Å². The van der Waals surface area contributed by atoms with Crippen LogP contribution in [0.4, 0.5) is 0 Å². The number of nitrogens with one attached hydrogen (secondary N) is 2. The molecule has 0 aliphatic rings. The van der Waals surface area contributed by atoms with Crippen molar-refractivity contribution in [2.75, 3.05) is 26.2 Å². The third-order valence-electron chi connectivity index (χ3n) is 3.01. The fourth-order valence-corrected chi connectivity index (χ4v) is 3.18. The molecule has 0 heterocycles. The lowest BCUT2D eigenvalue weighted by Crippen LogP contribution is -2.32. The number of sulfonamides is 1. The first-order chi connectivity index (χ1) is 10.4. The molecule has 6 nitrogen and oxygen atoms in total. The molecule has 0 radical (unpaired) electrons. The van der Waals surface area contributed by atoms with Crippen LogP contribution in [0.15, 0.2) is 23.1 Å². The van der Waals surface area contributed by atoms with Gasteiger partial charge in [-0.1, -0.05) is 13.0 Å². The second-order valence-corrected chi connectivity index (χ2v) is 6.58. The van der Waals surface area contributed by atoms with Gasteiger partial charge in [0.2, 0.25) is 10.0 Å². The van der Waals surface area contributed by atoms with Crippen LogP contribution in [0.1, 0.15) is 36.2 Å². The fourth-order valence-electron chi connectivity index (χ4n) is 1.88. The van der Waals surface area contributed by atoms with Gasteiger partial charge in [-0.2, -0.15) is 0 Å². The topological polar surface area (TPSA) is 84.5 Å². The van der Waals surface area contributed by atoms with Crippen molar-refractivity contribution in [3.63, 3.8) is 0 Å². The highest BCUT2D eigenvalue weighted by Crippen LogP contribution is 2.17. The van der Waals surface area contributed by atoms with Gasteiger partial charge >= 0.3 is 5.97 Å². The number of ether oxygens (including phenoxy) is 1. The molecular weight excluding hydrogens is 340 g/mol. The van der Waals surface area contributed by atoms with E-state index in [1.165, 1.54) is 6.07 Å². The standard InChI is InChI=1S/C15H24N2O4S.ClH/c1-4-8-16-9-10-17-22(19,20)14-11-13(7-6-12(14)3)15(18)21-5-2;/h6-7,11,16-17H,4-5,8-10H2,1-3H3;1H. The van der Waals surface area contributed by atoms with Gasteiger partial charge in [0.15, 0.2) is 0 Å². The molecule has 8 heteroatoms. The maximum Gasteiger partial charge on any atom is 0.338 e. The molecular formula is C15H25ClN2O4S. The number of carbonyl (C=O) groups excluding carboxylic acids is 1. The molecule has 0 saturated heterocycles. The highest BCUT2D eigenvalue weighted by molar-refractivity contribution is 7.89. The van der Waals surface area contributed by atoms with Crippen LogP contribution in [-0.2, 0) is 14.8 Å². The Labute approximate surface area is 144 Å². The number of rotatable bonds is 9. The summed E-state index contributed by atoms with van der Waals surface area (Å²) in [6.45, 7) is 7.39. The summed E-state index contributed by atoms with van der Waals surface area (Å²) in [6, 6.07) is 4.53. The van der Waals surface area contributed by atoms with Gasteiger partial charge in [-0.05, 0) is 44.5 Å². The SMILES string of the molecule is CCCNCCNS(=O)(=O)c1cc(C(=O)OCC)ccc1C.Cl. The molecule has 0 amide bonds. The predicted octanol–water partition coefficient (Wildman–Crippen LogP) is 1.87. The lowest BCUT2D eigenvalue weighted by Gasteiger charge is -2.11. The van der Waals surface area contributed by atoms with E-state index in [-0.39, 0.29) is 29.5 Å². The molecule has 0 aromatic heterocycles. The Bertz CT molecular complexity index is 605. The highest BCUT2D eigenvalue weighted by atomic mass is 35.5. The first-order valence-corrected chi connectivity index (χ1v) is 8.88. The van der Waals surface area contributed by atoms with Gasteiger partial charge < -0.3 is 10.1 Å². The summed E-state index contributed by atoms with van der Waals surface area (Å²) in [5.41, 5.74) is 0.819. The second-order valence-electron chi connectivity index (χ2n) is 4.85. The Morgan fingerprint density at radius 2 is 1.87 bits per heavy atom. The molecule has 132 valence electrons. The molecule has 0 aliphatic carbocycles. The number of carbonyl (C=O) groups is 1. The van der Waals surface area contributed by atoms with Crippen LogP contribution < -0.4 is 10.0 Å². The molecule has 0 bridgehead atoms. The van der Waals surface area contributed by atoms with Crippen LogP contribution in [0.25, 0.3) is 0 Å². The minimum absolute atomic E-state index is 0. The van der Waals surface area contributed by atoms with E-state index in [4.69, 9.17) is 4.74 Å². The number of esters is 1. The largest absolute Gasteiger partial charge is 0.462 e. The maximum absolute atomic E-state index is 12.3. The maximum atomic E-state index is 12.3. The lowest BCUT2D eigenvalue weighted by molar-refractivity contribution is 0.0526. The molecule has 2 N–H and O–H groups in total. The van der Waals surface area contributed by atoms with Crippen LogP contribution >= 0.6 is 12.4 Å². The molecule has 0 unspecified atom stereocenters. The van der Waals surface area contributed by atoms with Crippen molar-refractivity contribution in [2.24, 2.45) is 0 Å². The molecule has 1 aromatic carbocycles. The quantitative estimate of drug-likeness (QED) is 0.516. The molecule has 0 aliphatic heterocycles. The van der Waals surface area contributed by atoms with Crippen molar-refractivity contribution < 1.29 is 17.9 Å². The molecule has 0 saturated carbocycles. The van der Waals surface area contributed by atoms with Gasteiger partial charge in [0.25, 0.3) is 0 Å². The second kappa shape index (κ2) is 10.6. The Balaban J connectivity index is 0.00000484. The molecule has 0 atom stereocenters. The van der Waals surface area contributed by atoms with Crippen LogP contribution in [0.2, 0.25) is 0 Å². The zero-order valence-corrected chi connectivity index (χ0v) is 15.4. The molecule has 0 fully saturated rings. The smallest absolute Gasteiger partial charge is 0.338 e. The highest BCUT2D eigenvalue weighted by Gasteiger charge is 2.19. The Hall–Kier alpha value is -1.15. The van der Waals surface area contributed by atoms with E-state index in [9.17, 15) is 13.2 Å². The zero-order chi connectivity index (χ0) is 16.6. The van der Waals surface area contributed by atoms with E-state index in [0.29, 0.717) is 18.7 Å². The number of hydrogen-bond acceptors (Lipinski definition) is 5. The summed E-state index contributed by atoms with van der Waals surface area (Å²) < 4.78 is 32.1. The average Bonchev–Trinajstić information content (AvgIpc) is 2.47. The predicted molar refractivity (Wildman–Crippen MR) is 92.7 cm³/mol. The van der Waals surface area contributed by atoms with Crippen molar-refractivity contribution in [1.82, 2.24) is 10.0 Å². The van der Waals surface area contributed by atoms with E-state index >= 15 is 0 Å². The van der Waals surface area contributed by atoms with Crippen molar-refractivity contribution >= 4 is 28.4 Å². The van der Waals surface area contributed by atoms with Crippen molar-refractivity contribution in [1.29, 1.82) is 0 Å². The molecule has 1 aromatic rings. The minimum Gasteiger partial charge on any atom is -0.462 e. The van der Waals surface area contributed by atoms with E-state index in [1.807, 2.05) is 6.92 Å². The first kappa shape index (κ1) is 21.9. The van der Waals surface area contributed by atoms with E-state index < -0.39 is 16.0 Å². The fraction of sp³-hybridized carbons (Fsp3) is 0.533. The molecule has 23 heavy (non-hydrogen) atoms. The Morgan fingerprint density at radius 3 is 2.48 bits per heavy atom. The third kappa shape index (κ3) is 6.87. The van der Waals surface area contributed by atoms with Crippen molar-refractivity contribution in [3.05, 3.63) is 29.3 Å². The van der Waals surface area contributed by atoms with E-state index in [1.54, 1.807) is 26.0 Å². The summed E-state index contributed by atoms with van der Waals surface area (Å²) in [5.74, 6) is -0.524. The Morgan fingerprint density at radius 1 is 1.17 bits per heavy atom. The number of benzene rings is 1. The van der Waals surface area contributed by atoms with Crippen LogP contribution in [0.3, 0.4) is 0 Å². The number of hydrogen-bond donors (Lipinski definition) is 2. The van der Waals surface area contributed by atoms with E-state index in [0.717, 1.165) is 13.0 Å². The summed E-state index contributed by atoms with van der Waals surface area (Å²) in [6.07, 6.45) is 0.993. The third-order valence-corrected chi connectivity index (χ3v) is 4.61. The first-order valence-electron chi connectivity index (χ1n) is 7.40. The molecule has 1 rings (SSSR count). The van der Waals surface area contributed by atoms with Gasteiger partial charge in [-0.25, -0.2) is 17.9 Å². The van der Waals surface area contributed by atoms with Gasteiger partial charge in [-0.15, -0.1) is 12.4 Å². The van der Waals surface area contributed by atoms with Gasteiger partial charge in [0, 0.05) is 13.1 Å². The normalized spacial score (nSPS) is 10.9. The van der Waals surface area contributed by atoms with Crippen LogP contribution in [-0.4, -0.2) is 40.6 Å². The van der Waals surface area contributed by atoms with Gasteiger partial charge in [-0.3, -0.25) is 0 Å². The summed E-state index contributed by atoms with van der Waals surface area (Å²) in [5, 5.41) is 3.12.